The zero-order valence-corrected chi connectivity index (χ0v) is 12.4. The van der Waals surface area contributed by atoms with Crippen LogP contribution in [0.2, 0.25) is 0 Å². The second-order valence-electron chi connectivity index (χ2n) is 3.86. The van der Waals surface area contributed by atoms with Gasteiger partial charge in [-0.05, 0) is 26.0 Å². The summed E-state index contributed by atoms with van der Waals surface area (Å²) in [5, 5.41) is 0. The third-order valence-electron chi connectivity index (χ3n) is 2.60. The van der Waals surface area contributed by atoms with Gasteiger partial charge in [0.2, 0.25) is 11.8 Å². The predicted molar refractivity (Wildman–Crippen MR) is 75.1 cm³/mol. The molecule has 1 amide bonds. The standard InChI is InChI=1S/C13H17ClN2O4/c1-4-20-13(18)9(2)16(11(17)8-14)10-6-5-7-15-12(10)19-3/h5-7,9H,4,8H2,1-3H3. The molecular formula is C13H17ClN2O4. The highest BCUT2D eigenvalue weighted by Crippen LogP contribution is 2.27. The van der Waals surface area contributed by atoms with Crippen LogP contribution < -0.4 is 9.64 Å². The van der Waals surface area contributed by atoms with Crippen molar-refractivity contribution >= 4 is 29.2 Å². The van der Waals surface area contributed by atoms with Gasteiger partial charge in [0.15, 0.2) is 0 Å². The number of esters is 1. The van der Waals surface area contributed by atoms with E-state index in [1.165, 1.54) is 18.2 Å². The Morgan fingerprint density at radius 3 is 2.75 bits per heavy atom. The summed E-state index contributed by atoms with van der Waals surface area (Å²) in [6.45, 7) is 3.49. The van der Waals surface area contributed by atoms with Gasteiger partial charge in [0.05, 0.1) is 13.7 Å². The van der Waals surface area contributed by atoms with Gasteiger partial charge in [0, 0.05) is 6.20 Å². The van der Waals surface area contributed by atoms with Gasteiger partial charge in [-0.1, -0.05) is 0 Å². The lowest BCUT2D eigenvalue weighted by Crippen LogP contribution is -2.45. The molecule has 20 heavy (non-hydrogen) atoms. The Balaban J connectivity index is 3.18. The molecule has 0 saturated carbocycles. The van der Waals surface area contributed by atoms with Crippen LogP contribution >= 0.6 is 11.6 Å². The van der Waals surface area contributed by atoms with Crippen molar-refractivity contribution in [1.29, 1.82) is 0 Å². The summed E-state index contributed by atoms with van der Waals surface area (Å²) in [5.41, 5.74) is 0.376. The van der Waals surface area contributed by atoms with Crippen molar-refractivity contribution in [2.45, 2.75) is 19.9 Å². The van der Waals surface area contributed by atoms with Crippen LogP contribution in [-0.2, 0) is 14.3 Å². The van der Waals surface area contributed by atoms with Gasteiger partial charge in [-0.3, -0.25) is 9.69 Å². The van der Waals surface area contributed by atoms with Crippen molar-refractivity contribution in [3.8, 4) is 5.88 Å². The molecule has 110 valence electrons. The van der Waals surface area contributed by atoms with Crippen molar-refractivity contribution in [3.05, 3.63) is 18.3 Å². The average Bonchev–Trinajstić information content (AvgIpc) is 2.47. The van der Waals surface area contributed by atoms with Crippen molar-refractivity contribution in [1.82, 2.24) is 4.98 Å². The minimum atomic E-state index is -0.820. The summed E-state index contributed by atoms with van der Waals surface area (Å²) in [6, 6.07) is 2.45. The van der Waals surface area contributed by atoms with Crippen LogP contribution in [0.15, 0.2) is 18.3 Å². The van der Waals surface area contributed by atoms with Crippen molar-refractivity contribution in [3.63, 3.8) is 0 Å². The van der Waals surface area contributed by atoms with Crippen LogP contribution in [-0.4, -0.2) is 42.5 Å². The number of methoxy groups -OCH3 is 1. The van der Waals surface area contributed by atoms with Gasteiger partial charge in [-0.15, -0.1) is 11.6 Å². The second kappa shape index (κ2) is 7.69. The summed E-state index contributed by atoms with van der Waals surface area (Å²) in [4.78, 5) is 29.1. The third-order valence-corrected chi connectivity index (χ3v) is 2.83. The molecule has 0 aliphatic carbocycles. The molecule has 0 bridgehead atoms. The van der Waals surface area contributed by atoms with Gasteiger partial charge in [-0.2, -0.15) is 0 Å². The SMILES string of the molecule is CCOC(=O)C(C)N(C(=O)CCl)c1cccnc1OC. The van der Waals surface area contributed by atoms with Gasteiger partial charge in [0.1, 0.15) is 17.6 Å². The van der Waals surface area contributed by atoms with Crippen LogP contribution in [0.5, 0.6) is 5.88 Å². The van der Waals surface area contributed by atoms with Crippen molar-refractivity contribution in [2.24, 2.45) is 0 Å². The molecule has 0 spiro atoms. The maximum Gasteiger partial charge on any atom is 0.328 e. The zero-order chi connectivity index (χ0) is 15.1. The van der Waals surface area contributed by atoms with E-state index in [4.69, 9.17) is 21.1 Å². The quantitative estimate of drug-likeness (QED) is 0.590. The summed E-state index contributed by atoms with van der Waals surface area (Å²) in [6.07, 6.45) is 1.53. The molecule has 0 N–H and O–H groups in total. The smallest absolute Gasteiger partial charge is 0.328 e. The van der Waals surface area contributed by atoms with Crippen LogP contribution in [0.1, 0.15) is 13.8 Å². The number of hydrogen-bond acceptors (Lipinski definition) is 5. The van der Waals surface area contributed by atoms with E-state index in [0.717, 1.165) is 0 Å². The fourth-order valence-electron chi connectivity index (χ4n) is 1.71. The highest BCUT2D eigenvalue weighted by atomic mass is 35.5. The molecule has 6 nitrogen and oxygen atoms in total. The maximum atomic E-state index is 12.0. The minimum Gasteiger partial charge on any atom is -0.480 e. The predicted octanol–water partition coefficient (Wildman–Crippen LogP) is 1.61. The number of amides is 1. The number of rotatable bonds is 6. The first-order chi connectivity index (χ1) is 9.56. The largest absolute Gasteiger partial charge is 0.480 e. The van der Waals surface area contributed by atoms with E-state index in [0.29, 0.717) is 5.69 Å². The Labute approximate surface area is 122 Å². The molecule has 0 aliphatic rings. The number of aromatic nitrogens is 1. The second-order valence-corrected chi connectivity index (χ2v) is 4.12. The van der Waals surface area contributed by atoms with Gasteiger partial charge < -0.3 is 9.47 Å². The first kappa shape index (κ1) is 16.2. The number of carbonyl (C=O) groups is 2. The number of carbonyl (C=O) groups excluding carboxylic acids is 2. The van der Waals surface area contributed by atoms with Crippen LogP contribution in [0.25, 0.3) is 0 Å². The Morgan fingerprint density at radius 1 is 1.50 bits per heavy atom. The van der Waals surface area contributed by atoms with Gasteiger partial charge >= 0.3 is 5.97 Å². The number of alkyl halides is 1. The molecule has 1 unspecified atom stereocenters. The molecule has 7 heteroatoms. The highest BCUT2D eigenvalue weighted by molar-refractivity contribution is 6.29. The topological polar surface area (TPSA) is 68.7 Å². The molecule has 1 atom stereocenters. The Bertz CT molecular complexity index is 481. The van der Waals surface area contributed by atoms with E-state index in [2.05, 4.69) is 4.98 Å². The fraction of sp³-hybridized carbons (Fsp3) is 0.462. The molecule has 1 rings (SSSR count). The third kappa shape index (κ3) is 3.60. The lowest BCUT2D eigenvalue weighted by molar-refractivity contribution is -0.145. The normalized spacial score (nSPS) is 11.6. The average molecular weight is 301 g/mol. The monoisotopic (exact) mass is 300 g/mol. The molecular weight excluding hydrogens is 284 g/mol. The summed E-state index contributed by atoms with van der Waals surface area (Å²) < 4.78 is 10.0. The van der Waals surface area contributed by atoms with E-state index in [-0.39, 0.29) is 18.4 Å². The molecule has 0 aromatic carbocycles. The summed E-state index contributed by atoms with van der Waals surface area (Å²) in [5.74, 6) is -0.973. The number of halogens is 1. The van der Waals surface area contributed by atoms with E-state index >= 15 is 0 Å². The van der Waals surface area contributed by atoms with E-state index < -0.39 is 17.9 Å². The van der Waals surface area contributed by atoms with Gasteiger partial charge in [-0.25, -0.2) is 9.78 Å². The Morgan fingerprint density at radius 2 is 2.20 bits per heavy atom. The minimum absolute atomic E-state index is 0.232. The van der Waals surface area contributed by atoms with E-state index in [1.807, 2.05) is 0 Å². The van der Waals surface area contributed by atoms with Crippen molar-refractivity contribution in [2.75, 3.05) is 24.5 Å². The first-order valence-corrected chi connectivity index (χ1v) is 6.63. The molecule has 1 heterocycles. The van der Waals surface area contributed by atoms with Crippen LogP contribution in [0, 0.1) is 0 Å². The molecule has 0 aliphatic heterocycles. The number of ether oxygens (including phenoxy) is 2. The zero-order valence-electron chi connectivity index (χ0n) is 11.6. The number of anilines is 1. The lowest BCUT2D eigenvalue weighted by atomic mass is 10.2. The highest BCUT2D eigenvalue weighted by Gasteiger charge is 2.30. The summed E-state index contributed by atoms with van der Waals surface area (Å²) >= 11 is 5.61. The van der Waals surface area contributed by atoms with Gasteiger partial charge in [0.25, 0.3) is 0 Å². The molecule has 0 radical (unpaired) electrons. The Hall–Kier alpha value is -1.82. The number of nitrogens with zero attached hydrogens (tertiary/aromatic N) is 2. The molecule has 1 aromatic heterocycles. The molecule has 0 saturated heterocycles. The van der Waals surface area contributed by atoms with Crippen LogP contribution in [0.3, 0.4) is 0 Å². The Kier molecular flexibility index (Phi) is 6.24. The molecule has 0 fully saturated rings. The lowest BCUT2D eigenvalue weighted by Gasteiger charge is -2.27. The first-order valence-electron chi connectivity index (χ1n) is 6.10. The maximum absolute atomic E-state index is 12.0. The van der Waals surface area contributed by atoms with E-state index in [1.54, 1.807) is 26.0 Å². The van der Waals surface area contributed by atoms with Crippen LogP contribution in [0.4, 0.5) is 5.69 Å². The fourth-order valence-corrected chi connectivity index (χ4v) is 1.84. The van der Waals surface area contributed by atoms with E-state index in [9.17, 15) is 9.59 Å². The van der Waals surface area contributed by atoms with Crippen molar-refractivity contribution < 1.29 is 19.1 Å². The summed E-state index contributed by atoms with van der Waals surface area (Å²) in [7, 11) is 1.43. The number of pyridine rings is 1. The molecule has 1 aromatic rings. The number of hydrogen-bond donors (Lipinski definition) is 0.